The molecule has 0 saturated heterocycles. The summed E-state index contributed by atoms with van der Waals surface area (Å²) >= 11 is 0. The fourth-order valence-corrected chi connectivity index (χ4v) is 2.84. The average molecular weight is 378 g/mol. The number of amides is 1. The molecule has 7 heteroatoms. The Balaban J connectivity index is 2.05. The van der Waals surface area contributed by atoms with Crippen LogP contribution in [0, 0.1) is 6.92 Å². The SMILES string of the molecule is CCN(Cc1ccccc1)C(=O)c1nn(-c2ccc(C)cc2)c(=O)n(C)c1=O. The standard InChI is InChI=1S/C21H22N4O3/c1-4-24(14-16-8-6-5-7-9-16)20(27)18-19(26)23(3)21(28)25(22-18)17-12-10-15(2)11-13-17/h5-13H,4,14H2,1-3H3. The zero-order chi connectivity index (χ0) is 20.3. The molecular weight excluding hydrogens is 356 g/mol. The van der Waals surface area contributed by atoms with Crippen molar-refractivity contribution in [3.8, 4) is 5.69 Å². The largest absolute Gasteiger partial charge is 0.351 e. The van der Waals surface area contributed by atoms with Crippen molar-refractivity contribution in [3.63, 3.8) is 0 Å². The van der Waals surface area contributed by atoms with Crippen LogP contribution >= 0.6 is 0 Å². The third-order valence-electron chi connectivity index (χ3n) is 4.54. The van der Waals surface area contributed by atoms with Gasteiger partial charge < -0.3 is 4.90 Å². The first-order chi connectivity index (χ1) is 13.4. The van der Waals surface area contributed by atoms with E-state index in [9.17, 15) is 14.4 Å². The summed E-state index contributed by atoms with van der Waals surface area (Å²) in [5, 5.41) is 4.12. The van der Waals surface area contributed by atoms with E-state index in [-0.39, 0.29) is 5.69 Å². The van der Waals surface area contributed by atoms with Crippen LogP contribution in [-0.2, 0) is 13.6 Å². The molecule has 0 atom stereocenters. The van der Waals surface area contributed by atoms with Gasteiger partial charge in [0.15, 0.2) is 0 Å². The number of rotatable bonds is 5. The van der Waals surface area contributed by atoms with E-state index >= 15 is 0 Å². The minimum absolute atomic E-state index is 0.277. The summed E-state index contributed by atoms with van der Waals surface area (Å²) in [4.78, 5) is 39.7. The summed E-state index contributed by atoms with van der Waals surface area (Å²) in [6, 6.07) is 16.6. The molecule has 3 rings (SSSR count). The van der Waals surface area contributed by atoms with Gasteiger partial charge >= 0.3 is 5.69 Å². The number of carbonyl (C=O) groups excluding carboxylic acids is 1. The predicted octanol–water partition coefficient (Wildman–Crippen LogP) is 1.90. The molecule has 0 aliphatic rings. The highest BCUT2D eigenvalue weighted by Crippen LogP contribution is 2.08. The van der Waals surface area contributed by atoms with E-state index in [2.05, 4.69) is 5.10 Å². The number of aromatic nitrogens is 3. The summed E-state index contributed by atoms with van der Waals surface area (Å²) in [6.07, 6.45) is 0. The smallest absolute Gasteiger partial charge is 0.333 e. The van der Waals surface area contributed by atoms with Crippen LogP contribution < -0.4 is 11.2 Å². The van der Waals surface area contributed by atoms with Crippen LogP contribution in [0.25, 0.3) is 5.69 Å². The van der Waals surface area contributed by atoms with Crippen LogP contribution in [0.3, 0.4) is 0 Å². The normalized spacial score (nSPS) is 10.7. The molecular formula is C21H22N4O3. The van der Waals surface area contributed by atoms with Crippen LogP contribution in [0.4, 0.5) is 0 Å². The Bertz CT molecular complexity index is 1100. The van der Waals surface area contributed by atoms with Gasteiger partial charge in [-0.2, -0.15) is 9.78 Å². The van der Waals surface area contributed by atoms with E-state index in [0.29, 0.717) is 18.8 Å². The summed E-state index contributed by atoms with van der Waals surface area (Å²) in [5.74, 6) is -0.507. The van der Waals surface area contributed by atoms with Gasteiger partial charge in [-0.05, 0) is 31.5 Å². The quantitative estimate of drug-likeness (QED) is 0.679. The zero-order valence-corrected chi connectivity index (χ0v) is 16.1. The van der Waals surface area contributed by atoms with E-state index in [1.807, 2.05) is 56.3 Å². The Morgan fingerprint density at radius 2 is 1.68 bits per heavy atom. The Morgan fingerprint density at radius 1 is 1.04 bits per heavy atom. The maximum absolute atomic E-state index is 13.0. The Kier molecular flexibility index (Phi) is 5.54. The molecule has 0 radical (unpaired) electrons. The average Bonchev–Trinajstić information content (AvgIpc) is 2.71. The summed E-state index contributed by atoms with van der Waals surface area (Å²) in [5.41, 5.74) is 0.882. The first-order valence-corrected chi connectivity index (χ1v) is 9.03. The second-order valence-electron chi connectivity index (χ2n) is 6.55. The number of benzene rings is 2. The van der Waals surface area contributed by atoms with E-state index in [1.54, 1.807) is 12.1 Å². The molecule has 0 saturated carbocycles. The van der Waals surface area contributed by atoms with Crippen LogP contribution in [0.2, 0.25) is 0 Å². The molecule has 1 aromatic heterocycles. The van der Waals surface area contributed by atoms with Gasteiger partial charge in [0, 0.05) is 20.1 Å². The zero-order valence-electron chi connectivity index (χ0n) is 16.1. The lowest BCUT2D eigenvalue weighted by Gasteiger charge is -2.20. The second kappa shape index (κ2) is 8.04. The maximum atomic E-state index is 13.0. The lowest BCUT2D eigenvalue weighted by atomic mass is 10.2. The van der Waals surface area contributed by atoms with Gasteiger partial charge in [0.05, 0.1) is 5.69 Å². The number of hydrogen-bond acceptors (Lipinski definition) is 4. The third-order valence-corrected chi connectivity index (χ3v) is 4.54. The Morgan fingerprint density at radius 3 is 2.29 bits per heavy atom. The molecule has 0 spiro atoms. The highest BCUT2D eigenvalue weighted by atomic mass is 16.2. The van der Waals surface area contributed by atoms with Crippen molar-refractivity contribution >= 4 is 5.91 Å². The van der Waals surface area contributed by atoms with E-state index in [0.717, 1.165) is 20.4 Å². The summed E-state index contributed by atoms with van der Waals surface area (Å²) in [6.45, 7) is 4.52. The van der Waals surface area contributed by atoms with Gasteiger partial charge in [0.1, 0.15) is 0 Å². The van der Waals surface area contributed by atoms with Gasteiger partial charge in [-0.15, -0.1) is 0 Å². The summed E-state index contributed by atoms with van der Waals surface area (Å²) < 4.78 is 2.00. The predicted molar refractivity (Wildman–Crippen MR) is 107 cm³/mol. The fraction of sp³-hybridized carbons (Fsp3) is 0.238. The van der Waals surface area contributed by atoms with Crippen LogP contribution in [0.1, 0.15) is 28.5 Å². The highest BCUT2D eigenvalue weighted by molar-refractivity contribution is 5.91. The van der Waals surface area contributed by atoms with E-state index in [1.165, 1.54) is 11.9 Å². The van der Waals surface area contributed by atoms with Gasteiger partial charge in [-0.1, -0.05) is 48.0 Å². The molecule has 2 aromatic carbocycles. The lowest BCUT2D eigenvalue weighted by molar-refractivity contribution is 0.0741. The van der Waals surface area contributed by atoms with Crippen molar-refractivity contribution in [2.24, 2.45) is 7.05 Å². The molecule has 0 N–H and O–H groups in total. The highest BCUT2D eigenvalue weighted by Gasteiger charge is 2.23. The van der Waals surface area contributed by atoms with Gasteiger partial charge in [-0.25, -0.2) is 4.79 Å². The van der Waals surface area contributed by atoms with Crippen molar-refractivity contribution in [1.29, 1.82) is 0 Å². The molecule has 7 nitrogen and oxygen atoms in total. The van der Waals surface area contributed by atoms with Crippen molar-refractivity contribution in [2.75, 3.05) is 6.54 Å². The second-order valence-corrected chi connectivity index (χ2v) is 6.55. The number of carbonyl (C=O) groups is 1. The first-order valence-electron chi connectivity index (χ1n) is 9.03. The number of hydrogen-bond donors (Lipinski definition) is 0. The van der Waals surface area contributed by atoms with Crippen molar-refractivity contribution < 1.29 is 4.79 Å². The van der Waals surface area contributed by atoms with Gasteiger partial charge in [-0.3, -0.25) is 14.2 Å². The van der Waals surface area contributed by atoms with Crippen LogP contribution in [0.15, 0.2) is 64.2 Å². The topological polar surface area (TPSA) is 77.2 Å². The summed E-state index contributed by atoms with van der Waals surface area (Å²) in [7, 11) is 1.35. The fourth-order valence-electron chi connectivity index (χ4n) is 2.84. The van der Waals surface area contributed by atoms with Gasteiger partial charge in [0.2, 0.25) is 5.69 Å². The molecule has 144 valence electrons. The Hall–Kier alpha value is -3.48. The van der Waals surface area contributed by atoms with E-state index < -0.39 is 17.2 Å². The van der Waals surface area contributed by atoms with Gasteiger partial charge in [0.25, 0.3) is 11.5 Å². The van der Waals surface area contributed by atoms with Crippen molar-refractivity contribution in [1.82, 2.24) is 19.2 Å². The van der Waals surface area contributed by atoms with Crippen molar-refractivity contribution in [2.45, 2.75) is 20.4 Å². The molecule has 3 aromatic rings. The molecule has 0 bridgehead atoms. The Labute approximate surface area is 162 Å². The number of nitrogens with zero attached hydrogens (tertiary/aromatic N) is 4. The molecule has 1 amide bonds. The first kappa shape index (κ1) is 19.3. The third kappa shape index (κ3) is 3.78. The van der Waals surface area contributed by atoms with Crippen LogP contribution in [0.5, 0.6) is 0 Å². The van der Waals surface area contributed by atoms with Crippen molar-refractivity contribution in [3.05, 3.63) is 92.3 Å². The monoisotopic (exact) mass is 378 g/mol. The molecule has 1 heterocycles. The minimum atomic E-state index is -0.704. The maximum Gasteiger partial charge on any atom is 0.351 e. The van der Waals surface area contributed by atoms with Crippen LogP contribution in [-0.4, -0.2) is 31.7 Å². The molecule has 0 aliphatic heterocycles. The molecule has 28 heavy (non-hydrogen) atoms. The molecule has 0 aliphatic carbocycles. The number of aryl methyl sites for hydroxylation is 1. The molecule has 0 unspecified atom stereocenters. The van der Waals surface area contributed by atoms with E-state index in [4.69, 9.17) is 0 Å². The molecule has 0 fully saturated rings. The lowest BCUT2D eigenvalue weighted by Crippen LogP contribution is -2.45. The minimum Gasteiger partial charge on any atom is -0.333 e.